The highest BCUT2D eigenvalue weighted by Gasteiger charge is 2.30. The minimum atomic E-state index is 0.0844. The Morgan fingerprint density at radius 2 is 2.06 bits per heavy atom. The lowest BCUT2D eigenvalue weighted by Gasteiger charge is -2.26. The molecular weight excluding hydrogens is 212 g/mol. The second-order valence-corrected chi connectivity index (χ2v) is 5.44. The molecule has 2 heteroatoms. The van der Waals surface area contributed by atoms with Gasteiger partial charge in [-0.3, -0.25) is 4.79 Å². The highest BCUT2D eigenvalue weighted by atomic mass is 16.3. The summed E-state index contributed by atoms with van der Waals surface area (Å²) in [6.07, 6.45) is 1.88. The fraction of sp³-hybridized carbons (Fsp3) is 0.533. The van der Waals surface area contributed by atoms with Crippen molar-refractivity contribution in [2.24, 2.45) is 5.92 Å². The molecule has 1 atom stereocenters. The molecule has 1 aromatic carbocycles. The fourth-order valence-electron chi connectivity index (χ4n) is 2.78. The van der Waals surface area contributed by atoms with Crippen LogP contribution < -0.4 is 0 Å². The van der Waals surface area contributed by atoms with E-state index in [9.17, 15) is 9.90 Å². The van der Waals surface area contributed by atoms with Gasteiger partial charge in [-0.05, 0) is 42.9 Å². The zero-order valence-electron chi connectivity index (χ0n) is 11.0. The van der Waals surface area contributed by atoms with Gasteiger partial charge in [0.2, 0.25) is 0 Å². The minimum Gasteiger partial charge on any atom is -0.508 e. The molecule has 0 fully saturated rings. The molecule has 0 amide bonds. The molecule has 1 aliphatic carbocycles. The molecule has 0 spiro atoms. The summed E-state index contributed by atoms with van der Waals surface area (Å²) in [5.41, 5.74) is 3.83. The Morgan fingerprint density at radius 3 is 2.65 bits per heavy atom. The van der Waals surface area contributed by atoms with Gasteiger partial charge >= 0.3 is 0 Å². The van der Waals surface area contributed by atoms with Gasteiger partial charge in [-0.2, -0.15) is 0 Å². The van der Waals surface area contributed by atoms with Crippen LogP contribution in [0, 0.1) is 12.8 Å². The van der Waals surface area contributed by atoms with E-state index >= 15 is 0 Å². The van der Waals surface area contributed by atoms with E-state index in [0.29, 0.717) is 0 Å². The van der Waals surface area contributed by atoms with Crippen molar-refractivity contribution in [2.75, 3.05) is 0 Å². The van der Waals surface area contributed by atoms with Crippen LogP contribution in [-0.2, 0) is 6.42 Å². The SMILES string of the molecule is Cc1cc(O)c(C(C)C)c2c1CC[C@H](C)C2=O. The molecule has 0 unspecified atom stereocenters. The third-order valence-electron chi connectivity index (χ3n) is 3.77. The Bertz CT molecular complexity index is 472. The lowest BCUT2D eigenvalue weighted by molar-refractivity contribution is 0.0911. The Balaban J connectivity index is 2.74. The van der Waals surface area contributed by atoms with Gasteiger partial charge in [-0.1, -0.05) is 20.8 Å². The maximum Gasteiger partial charge on any atom is 0.166 e. The van der Waals surface area contributed by atoms with E-state index < -0.39 is 0 Å². The Hall–Kier alpha value is -1.31. The number of fused-ring (bicyclic) bond motifs is 1. The molecule has 92 valence electrons. The molecule has 0 heterocycles. The van der Waals surface area contributed by atoms with Gasteiger partial charge in [-0.15, -0.1) is 0 Å². The summed E-state index contributed by atoms with van der Waals surface area (Å²) < 4.78 is 0. The van der Waals surface area contributed by atoms with Crippen molar-refractivity contribution in [1.82, 2.24) is 0 Å². The molecular formula is C15H20O2. The first-order valence-corrected chi connectivity index (χ1v) is 6.33. The van der Waals surface area contributed by atoms with Gasteiger partial charge in [0, 0.05) is 17.0 Å². The third kappa shape index (κ3) is 1.86. The molecule has 0 aromatic heterocycles. The van der Waals surface area contributed by atoms with Crippen molar-refractivity contribution in [1.29, 1.82) is 0 Å². The van der Waals surface area contributed by atoms with Gasteiger partial charge in [0.1, 0.15) is 5.75 Å². The van der Waals surface area contributed by atoms with Crippen LogP contribution in [0.5, 0.6) is 5.75 Å². The van der Waals surface area contributed by atoms with Gasteiger partial charge in [0.05, 0.1) is 0 Å². The second-order valence-electron chi connectivity index (χ2n) is 5.44. The molecule has 0 bridgehead atoms. The van der Waals surface area contributed by atoms with Crippen LogP contribution >= 0.6 is 0 Å². The summed E-state index contributed by atoms with van der Waals surface area (Å²) in [5.74, 6) is 0.743. The lowest BCUT2D eigenvalue weighted by Crippen LogP contribution is -2.23. The Morgan fingerprint density at radius 1 is 1.41 bits per heavy atom. The number of benzene rings is 1. The van der Waals surface area contributed by atoms with E-state index in [1.54, 1.807) is 6.07 Å². The standard InChI is InChI=1S/C15H20O2/c1-8(2)13-12(16)7-10(4)11-6-5-9(3)15(17)14(11)13/h7-9,16H,5-6H2,1-4H3/t9-/m0/s1. The molecule has 1 aliphatic rings. The highest BCUT2D eigenvalue weighted by Crippen LogP contribution is 2.38. The molecule has 2 rings (SSSR count). The van der Waals surface area contributed by atoms with Crippen molar-refractivity contribution in [3.05, 3.63) is 28.3 Å². The van der Waals surface area contributed by atoms with Crippen LogP contribution in [0.1, 0.15) is 60.2 Å². The van der Waals surface area contributed by atoms with E-state index in [0.717, 1.165) is 35.1 Å². The number of carbonyl (C=O) groups excluding carboxylic acids is 1. The zero-order chi connectivity index (χ0) is 12.7. The summed E-state index contributed by atoms with van der Waals surface area (Å²) in [7, 11) is 0. The fourth-order valence-corrected chi connectivity index (χ4v) is 2.78. The number of ketones is 1. The van der Waals surface area contributed by atoms with Crippen molar-refractivity contribution in [3.8, 4) is 5.75 Å². The molecule has 1 N–H and O–H groups in total. The Kier molecular flexibility index (Phi) is 2.98. The molecule has 0 aliphatic heterocycles. The minimum absolute atomic E-state index is 0.0844. The molecule has 1 aromatic rings. The number of phenols is 1. The van der Waals surface area contributed by atoms with Crippen LogP contribution in [0.2, 0.25) is 0 Å². The largest absolute Gasteiger partial charge is 0.508 e. The number of Topliss-reactive ketones (excluding diaryl/α,β-unsaturated/α-hetero) is 1. The van der Waals surface area contributed by atoms with Crippen LogP contribution in [0.15, 0.2) is 6.07 Å². The Labute approximate surface area is 103 Å². The molecule has 2 nitrogen and oxygen atoms in total. The number of hydrogen-bond acceptors (Lipinski definition) is 2. The lowest BCUT2D eigenvalue weighted by atomic mass is 9.77. The number of phenolic OH excluding ortho intramolecular Hbond substituents is 1. The van der Waals surface area contributed by atoms with E-state index in [1.165, 1.54) is 0 Å². The zero-order valence-corrected chi connectivity index (χ0v) is 11.0. The van der Waals surface area contributed by atoms with Crippen molar-refractivity contribution < 1.29 is 9.90 Å². The number of hydrogen-bond donors (Lipinski definition) is 1. The van der Waals surface area contributed by atoms with Crippen LogP contribution in [-0.4, -0.2) is 10.9 Å². The van der Waals surface area contributed by atoms with Gasteiger partial charge in [0.15, 0.2) is 5.78 Å². The summed E-state index contributed by atoms with van der Waals surface area (Å²) >= 11 is 0. The van der Waals surface area contributed by atoms with Crippen molar-refractivity contribution in [3.63, 3.8) is 0 Å². The van der Waals surface area contributed by atoms with E-state index in [4.69, 9.17) is 0 Å². The average molecular weight is 232 g/mol. The summed E-state index contributed by atoms with van der Waals surface area (Å²) in [6, 6.07) is 1.80. The average Bonchev–Trinajstić information content (AvgIpc) is 2.23. The van der Waals surface area contributed by atoms with Gasteiger partial charge < -0.3 is 5.11 Å². The summed E-state index contributed by atoms with van der Waals surface area (Å²) in [6.45, 7) is 8.01. The first-order chi connectivity index (χ1) is 7.93. The van der Waals surface area contributed by atoms with E-state index in [-0.39, 0.29) is 23.4 Å². The van der Waals surface area contributed by atoms with Crippen LogP contribution in [0.3, 0.4) is 0 Å². The summed E-state index contributed by atoms with van der Waals surface area (Å²) in [5, 5.41) is 10.1. The maximum atomic E-state index is 12.3. The third-order valence-corrected chi connectivity index (χ3v) is 3.77. The predicted molar refractivity (Wildman–Crippen MR) is 68.7 cm³/mol. The van der Waals surface area contributed by atoms with E-state index in [2.05, 4.69) is 0 Å². The van der Waals surface area contributed by atoms with E-state index in [1.807, 2.05) is 27.7 Å². The van der Waals surface area contributed by atoms with Gasteiger partial charge in [0.25, 0.3) is 0 Å². The normalized spacial score (nSPS) is 19.6. The maximum absolute atomic E-state index is 12.3. The topological polar surface area (TPSA) is 37.3 Å². The number of carbonyl (C=O) groups is 1. The van der Waals surface area contributed by atoms with Crippen LogP contribution in [0.4, 0.5) is 0 Å². The predicted octanol–water partition coefficient (Wildman–Crippen LogP) is 3.59. The number of rotatable bonds is 1. The molecule has 17 heavy (non-hydrogen) atoms. The summed E-state index contributed by atoms with van der Waals surface area (Å²) in [4.78, 5) is 12.3. The first kappa shape index (κ1) is 12.2. The van der Waals surface area contributed by atoms with Crippen molar-refractivity contribution >= 4 is 5.78 Å². The quantitative estimate of drug-likeness (QED) is 0.803. The smallest absolute Gasteiger partial charge is 0.166 e. The van der Waals surface area contributed by atoms with Crippen molar-refractivity contribution in [2.45, 2.75) is 46.5 Å². The second kappa shape index (κ2) is 4.17. The monoisotopic (exact) mass is 232 g/mol. The molecule has 0 saturated heterocycles. The van der Waals surface area contributed by atoms with Crippen LogP contribution in [0.25, 0.3) is 0 Å². The number of aryl methyl sites for hydroxylation is 1. The first-order valence-electron chi connectivity index (χ1n) is 6.33. The number of aromatic hydroxyl groups is 1. The highest BCUT2D eigenvalue weighted by molar-refractivity contribution is 6.02. The van der Waals surface area contributed by atoms with Gasteiger partial charge in [-0.25, -0.2) is 0 Å². The molecule has 0 saturated carbocycles. The molecule has 0 radical (unpaired) electrons.